The SMILES string of the molecule is O=C(NCCc1ncon1)c1ccc(F)c2ccccc12. The molecule has 3 aromatic rings. The van der Waals surface area contributed by atoms with Crippen molar-refractivity contribution in [3.63, 3.8) is 0 Å². The summed E-state index contributed by atoms with van der Waals surface area (Å²) in [6.45, 7) is 0.379. The zero-order valence-electron chi connectivity index (χ0n) is 11.0. The molecule has 0 aliphatic heterocycles. The molecular formula is C15H12FN3O2. The van der Waals surface area contributed by atoms with E-state index in [2.05, 4.69) is 20.0 Å². The van der Waals surface area contributed by atoms with Crippen LogP contribution in [0.3, 0.4) is 0 Å². The quantitative estimate of drug-likeness (QED) is 0.799. The molecule has 5 nitrogen and oxygen atoms in total. The summed E-state index contributed by atoms with van der Waals surface area (Å²) < 4.78 is 18.3. The summed E-state index contributed by atoms with van der Waals surface area (Å²) in [6, 6.07) is 9.69. The second kappa shape index (κ2) is 5.70. The van der Waals surface area contributed by atoms with E-state index in [0.29, 0.717) is 35.1 Å². The van der Waals surface area contributed by atoms with Crippen LogP contribution in [0, 0.1) is 5.82 Å². The van der Waals surface area contributed by atoms with Crippen molar-refractivity contribution in [2.24, 2.45) is 0 Å². The number of fused-ring (bicyclic) bond motifs is 1. The lowest BCUT2D eigenvalue weighted by molar-refractivity contribution is 0.0955. The molecule has 1 N–H and O–H groups in total. The number of hydrogen-bond acceptors (Lipinski definition) is 4. The van der Waals surface area contributed by atoms with Gasteiger partial charge in [-0.2, -0.15) is 4.98 Å². The highest BCUT2D eigenvalue weighted by Gasteiger charge is 2.12. The van der Waals surface area contributed by atoms with E-state index in [-0.39, 0.29) is 11.7 Å². The highest BCUT2D eigenvalue weighted by atomic mass is 19.1. The molecule has 106 valence electrons. The first-order chi connectivity index (χ1) is 10.3. The Kier molecular flexibility index (Phi) is 3.59. The van der Waals surface area contributed by atoms with Gasteiger partial charge in [0.1, 0.15) is 5.82 Å². The van der Waals surface area contributed by atoms with Crippen LogP contribution in [0.4, 0.5) is 4.39 Å². The van der Waals surface area contributed by atoms with E-state index in [1.807, 2.05) is 0 Å². The van der Waals surface area contributed by atoms with Crippen molar-refractivity contribution in [1.29, 1.82) is 0 Å². The molecule has 2 aromatic carbocycles. The van der Waals surface area contributed by atoms with Crippen molar-refractivity contribution in [1.82, 2.24) is 15.5 Å². The Labute approximate surface area is 119 Å². The van der Waals surface area contributed by atoms with Gasteiger partial charge >= 0.3 is 0 Å². The van der Waals surface area contributed by atoms with Crippen LogP contribution in [0.15, 0.2) is 47.3 Å². The number of nitrogens with one attached hydrogen (secondary N) is 1. The molecule has 0 aliphatic rings. The van der Waals surface area contributed by atoms with E-state index in [0.717, 1.165) is 0 Å². The van der Waals surface area contributed by atoms with Crippen LogP contribution in [0.1, 0.15) is 16.2 Å². The number of carbonyl (C=O) groups is 1. The first-order valence-corrected chi connectivity index (χ1v) is 6.46. The first kappa shape index (κ1) is 13.2. The highest BCUT2D eigenvalue weighted by Crippen LogP contribution is 2.21. The highest BCUT2D eigenvalue weighted by molar-refractivity contribution is 6.07. The minimum Gasteiger partial charge on any atom is -0.352 e. The Bertz CT molecular complexity index is 772. The Morgan fingerprint density at radius 3 is 2.76 bits per heavy atom. The van der Waals surface area contributed by atoms with Crippen LogP contribution in [0.2, 0.25) is 0 Å². The van der Waals surface area contributed by atoms with Crippen LogP contribution in [0.25, 0.3) is 10.8 Å². The minimum atomic E-state index is -0.339. The van der Waals surface area contributed by atoms with Crippen molar-refractivity contribution < 1.29 is 13.7 Å². The third-order valence-electron chi connectivity index (χ3n) is 3.16. The van der Waals surface area contributed by atoms with Crippen LogP contribution in [0.5, 0.6) is 0 Å². The summed E-state index contributed by atoms with van der Waals surface area (Å²) in [6.07, 6.45) is 1.71. The smallest absolute Gasteiger partial charge is 0.251 e. The number of rotatable bonds is 4. The molecule has 0 fully saturated rings. The Balaban J connectivity index is 1.77. The van der Waals surface area contributed by atoms with Gasteiger partial charge < -0.3 is 9.84 Å². The van der Waals surface area contributed by atoms with Crippen molar-refractivity contribution in [3.05, 3.63) is 60.0 Å². The summed E-state index contributed by atoms with van der Waals surface area (Å²) in [5.74, 6) is -0.0668. The van der Waals surface area contributed by atoms with Gasteiger partial charge in [-0.05, 0) is 17.5 Å². The molecule has 0 radical (unpaired) electrons. The average molecular weight is 285 g/mol. The van der Waals surface area contributed by atoms with Crippen molar-refractivity contribution in [2.45, 2.75) is 6.42 Å². The van der Waals surface area contributed by atoms with Gasteiger partial charge in [-0.25, -0.2) is 4.39 Å². The summed E-state index contributed by atoms with van der Waals surface area (Å²) in [5, 5.41) is 7.45. The van der Waals surface area contributed by atoms with E-state index in [1.54, 1.807) is 24.3 Å². The maximum atomic E-state index is 13.7. The Morgan fingerprint density at radius 1 is 1.19 bits per heavy atom. The van der Waals surface area contributed by atoms with E-state index in [9.17, 15) is 9.18 Å². The zero-order chi connectivity index (χ0) is 14.7. The molecular weight excluding hydrogens is 273 g/mol. The van der Waals surface area contributed by atoms with Crippen LogP contribution < -0.4 is 5.32 Å². The monoisotopic (exact) mass is 285 g/mol. The fourth-order valence-electron chi connectivity index (χ4n) is 2.15. The molecule has 0 spiro atoms. The molecule has 0 unspecified atom stereocenters. The molecule has 1 heterocycles. The summed E-state index contributed by atoms with van der Waals surface area (Å²) in [4.78, 5) is 16.1. The molecule has 0 aliphatic carbocycles. The lowest BCUT2D eigenvalue weighted by atomic mass is 10.0. The van der Waals surface area contributed by atoms with Gasteiger partial charge in [-0.3, -0.25) is 4.79 Å². The maximum Gasteiger partial charge on any atom is 0.251 e. The predicted octanol–water partition coefficient (Wildman–Crippen LogP) is 2.33. The molecule has 3 rings (SSSR count). The largest absolute Gasteiger partial charge is 0.352 e. The number of halogens is 1. The number of aromatic nitrogens is 2. The third kappa shape index (κ3) is 2.74. The number of hydrogen-bond donors (Lipinski definition) is 1. The van der Waals surface area contributed by atoms with Gasteiger partial charge in [0.25, 0.3) is 5.91 Å². The van der Waals surface area contributed by atoms with Crippen LogP contribution in [-0.2, 0) is 6.42 Å². The van der Waals surface area contributed by atoms with Crippen LogP contribution >= 0.6 is 0 Å². The van der Waals surface area contributed by atoms with Gasteiger partial charge in [0, 0.05) is 23.9 Å². The summed E-state index contributed by atoms with van der Waals surface area (Å²) in [5.41, 5.74) is 0.445. The standard InChI is InChI=1S/C15H12FN3O2/c16-13-6-5-12(10-3-1-2-4-11(10)13)15(20)17-8-7-14-18-9-21-19-14/h1-6,9H,7-8H2,(H,17,20). The molecule has 0 saturated heterocycles. The van der Waals surface area contributed by atoms with Crippen molar-refractivity contribution in [3.8, 4) is 0 Å². The van der Waals surface area contributed by atoms with Gasteiger partial charge in [0.2, 0.25) is 6.39 Å². The Hall–Kier alpha value is -2.76. The summed E-state index contributed by atoms with van der Waals surface area (Å²) in [7, 11) is 0. The fourth-order valence-corrected chi connectivity index (χ4v) is 2.15. The second-order valence-electron chi connectivity index (χ2n) is 4.49. The topological polar surface area (TPSA) is 68.0 Å². The van der Waals surface area contributed by atoms with E-state index >= 15 is 0 Å². The fraction of sp³-hybridized carbons (Fsp3) is 0.133. The molecule has 0 bridgehead atoms. The van der Waals surface area contributed by atoms with Gasteiger partial charge in [0.05, 0.1) is 0 Å². The normalized spacial score (nSPS) is 10.7. The molecule has 0 saturated carbocycles. The number of carbonyl (C=O) groups excluding carboxylic acids is 1. The maximum absolute atomic E-state index is 13.7. The molecule has 1 aromatic heterocycles. The molecule has 21 heavy (non-hydrogen) atoms. The Morgan fingerprint density at radius 2 is 2.00 bits per heavy atom. The molecule has 1 amide bonds. The van der Waals surface area contributed by atoms with E-state index in [1.165, 1.54) is 18.5 Å². The van der Waals surface area contributed by atoms with Crippen molar-refractivity contribution >= 4 is 16.7 Å². The number of nitrogens with zero attached hydrogens (tertiary/aromatic N) is 2. The number of amides is 1. The summed E-state index contributed by atoms with van der Waals surface area (Å²) >= 11 is 0. The van der Waals surface area contributed by atoms with E-state index in [4.69, 9.17) is 0 Å². The lowest BCUT2D eigenvalue weighted by Gasteiger charge is -2.08. The minimum absolute atomic E-state index is 0.255. The van der Waals surface area contributed by atoms with Crippen molar-refractivity contribution in [2.75, 3.05) is 6.54 Å². The predicted molar refractivity (Wildman–Crippen MR) is 74.2 cm³/mol. The molecule has 6 heteroatoms. The van der Waals surface area contributed by atoms with E-state index < -0.39 is 0 Å². The van der Waals surface area contributed by atoms with Crippen LogP contribution in [-0.4, -0.2) is 22.6 Å². The lowest BCUT2D eigenvalue weighted by Crippen LogP contribution is -2.26. The van der Waals surface area contributed by atoms with Gasteiger partial charge in [-0.15, -0.1) is 0 Å². The zero-order valence-corrected chi connectivity index (χ0v) is 11.0. The average Bonchev–Trinajstić information content (AvgIpc) is 3.01. The first-order valence-electron chi connectivity index (χ1n) is 6.46. The van der Waals surface area contributed by atoms with Gasteiger partial charge in [-0.1, -0.05) is 29.4 Å². The second-order valence-corrected chi connectivity index (χ2v) is 4.49. The van der Waals surface area contributed by atoms with Gasteiger partial charge in [0.15, 0.2) is 5.82 Å². The number of benzene rings is 2. The molecule has 0 atom stereocenters. The third-order valence-corrected chi connectivity index (χ3v) is 3.16.